The minimum atomic E-state index is -0.985. The number of anilines is 1. The van der Waals surface area contributed by atoms with Crippen molar-refractivity contribution in [2.24, 2.45) is 0 Å². The Morgan fingerprint density at radius 3 is 2.84 bits per heavy atom. The summed E-state index contributed by atoms with van der Waals surface area (Å²) in [7, 11) is 1.36. The Morgan fingerprint density at radius 1 is 1.19 bits per heavy atom. The van der Waals surface area contributed by atoms with Gasteiger partial charge in [0.25, 0.3) is 0 Å². The molecule has 3 atom stereocenters. The lowest BCUT2D eigenvalue weighted by Gasteiger charge is -2.42. The molecular weight excluding hydrogens is 410 g/mol. The third kappa shape index (κ3) is 3.83. The van der Waals surface area contributed by atoms with E-state index in [0.29, 0.717) is 5.56 Å². The lowest BCUT2D eigenvalue weighted by atomic mass is 9.97. The van der Waals surface area contributed by atoms with Gasteiger partial charge in [0.2, 0.25) is 6.41 Å². The number of H-pyrrole nitrogens is 1. The van der Waals surface area contributed by atoms with E-state index < -0.39 is 6.41 Å². The van der Waals surface area contributed by atoms with Gasteiger partial charge in [-0.25, -0.2) is 14.8 Å². The van der Waals surface area contributed by atoms with Crippen LogP contribution in [0.25, 0.3) is 11.0 Å². The molecule has 4 heterocycles. The average Bonchev–Trinajstić information content (AvgIpc) is 3.49. The molecular formula is C23H27N5O4. The lowest BCUT2D eigenvalue weighted by Crippen LogP contribution is -2.54. The number of aromatic amines is 1. The second kappa shape index (κ2) is 8.85. The summed E-state index contributed by atoms with van der Waals surface area (Å²) in [5.74, 6) is 0.579. The van der Waals surface area contributed by atoms with Crippen molar-refractivity contribution in [3.05, 3.63) is 54.0 Å². The quantitative estimate of drug-likeness (QED) is 0.447. The molecule has 0 saturated carbocycles. The number of hydrogen-bond acceptors (Lipinski definition) is 8. The number of rotatable bonds is 6. The fourth-order valence-corrected chi connectivity index (χ4v) is 4.97. The van der Waals surface area contributed by atoms with Gasteiger partial charge in [0.05, 0.1) is 24.7 Å². The van der Waals surface area contributed by atoms with Gasteiger partial charge in [-0.3, -0.25) is 4.90 Å². The summed E-state index contributed by atoms with van der Waals surface area (Å²) < 4.78 is 10.5. The molecule has 2 aliphatic rings. The molecule has 9 nitrogen and oxygen atoms in total. The number of ether oxygens (including phenoxy) is 2. The maximum absolute atomic E-state index is 11.6. The number of benzene rings is 1. The van der Waals surface area contributed by atoms with Crippen molar-refractivity contribution < 1.29 is 19.4 Å². The maximum Gasteiger partial charge on any atom is 0.337 e. The third-order valence-corrected chi connectivity index (χ3v) is 6.52. The number of piperidine rings is 1. The molecule has 5 rings (SSSR count). The van der Waals surface area contributed by atoms with Crippen LogP contribution < -0.4 is 4.90 Å². The number of esters is 1. The molecule has 0 radical (unpaired) electrons. The molecule has 2 fully saturated rings. The summed E-state index contributed by atoms with van der Waals surface area (Å²) in [6.07, 6.45) is 5.48. The van der Waals surface area contributed by atoms with Gasteiger partial charge in [0.15, 0.2) is 0 Å². The first-order valence-electron chi connectivity index (χ1n) is 10.9. The number of aromatic nitrogens is 3. The standard InChI is InChI=1S/C23H27N5O4/c1-31-22(29)16-6-4-15(5-7-16)13-32-23(30)28-11-2-3-18-19(28)9-12-27(18)21-17-8-10-24-20(17)25-14-26-21/h4-8,10,14,18-19,23,30H,2-3,9,11-13H2,1H3,(H,24,25,26)/t18-,19?,23?/m1/s1. The van der Waals surface area contributed by atoms with Crippen molar-refractivity contribution in [1.82, 2.24) is 19.9 Å². The minimum absolute atomic E-state index is 0.199. The van der Waals surface area contributed by atoms with Gasteiger partial charge in [0.1, 0.15) is 17.8 Å². The molecule has 2 saturated heterocycles. The van der Waals surface area contributed by atoms with Crippen molar-refractivity contribution in [3.8, 4) is 0 Å². The van der Waals surface area contributed by atoms with Crippen molar-refractivity contribution >= 4 is 22.8 Å². The molecule has 0 spiro atoms. The normalized spacial score (nSPS) is 22.1. The summed E-state index contributed by atoms with van der Waals surface area (Å²) in [5.41, 5.74) is 2.21. The zero-order chi connectivity index (χ0) is 22.1. The van der Waals surface area contributed by atoms with Crippen LogP contribution in [0.1, 0.15) is 35.2 Å². The second-order valence-corrected chi connectivity index (χ2v) is 8.26. The Balaban J connectivity index is 1.25. The molecule has 0 amide bonds. The van der Waals surface area contributed by atoms with E-state index in [1.165, 1.54) is 7.11 Å². The number of carbonyl (C=O) groups excluding carboxylic acids is 1. The monoisotopic (exact) mass is 437 g/mol. The number of likely N-dealkylation sites (tertiary alicyclic amines) is 1. The minimum Gasteiger partial charge on any atom is -0.465 e. The Bertz CT molecular complexity index is 1090. The number of aliphatic hydroxyl groups is 1. The molecule has 2 N–H and O–H groups in total. The Labute approximate surface area is 186 Å². The fraction of sp³-hybridized carbons (Fsp3) is 0.435. The van der Waals surface area contributed by atoms with Crippen LogP contribution in [0.3, 0.4) is 0 Å². The summed E-state index contributed by atoms with van der Waals surface area (Å²) >= 11 is 0. The van der Waals surface area contributed by atoms with Crippen LogP contribution in [0.2, 0.25) is 0 Å². The smallest absolute Gasteiger partial charge is 0.337 e. The van der Waals surface area contributed by atoms with Crippen molar-refractivity contribution in [3.63, 3.8) is 0 Å². The van der Waals surface area contributed by atoms with Crippen LogP contribution in [0.15, 0.2) is 42.9 Å². The first kappa shape index (κ1) is 20.9. The van der Waals surface area contributed by atoms with E-state index in [0.717, 1.165) is 54.8 Å². The zero-order valence-electron chi connectivity index (χ0n) is 18.0. The predicted octanol–water partition coefficient (Wildman–Crippen LogP) is 2.28. The molecule has 9 heteroatoms. The highest BCUT2D eigenvalue weighted by atomic mass is 16.6. The van der Waals surface area contributed by atoms with Gasteiger partial charge in [-0.2, -0.15) is 0 Å². The van der Waals surface area contributed by atoms with Crippen LogP contribution in [0.5, 0.6) is 0 Å². The average molecular weight is 438 g/mol. The second-order valence-electron chi connectivity index (χ2n) is 8.26. The fourth-order valence-electron chi connectivity index (χ4n) is 4.97. The third-order valence-electron chi connectivity index (χ3n) is 6.52. The van der Waals surface area contributed by atoms with E-state index in [4.69, 9.17) is 9.47 Å². The van der Waals surface area contributed by atoms with E-state index in [1.807, 2.05) is 24.4 Å². The summed E-state index contributed by atoms with van der Waals surface area (Å²) in [5, 5.41) is 11.9. The number of hydrogen-bond donors (Lipinski definition) is 2. The molecule has 32 heavy (non-hydrogen) atoms. The van der Waals surface area contributed by atoms with Crippen LogP contribution in [-0.2, 0) is 16.1 Å². The van der Waals surface area contributed by atoms with Crippen LogP contribution in [0, 0.1) is 0 Å². The van der Waals surface area contributed by atoms with Crippen LogP contribution in [-0.4, -0.2) is 69.6 Å². The van der Waals surface area contributed by atoms with Gasteiger partial charge in [-0.1, -0.05) is 12.1 Å². The number of fused-ring (bicyclic) bond motifs is 2. The van der Waals surface area contributed by atoms with Gasteiger partial charge in [0, 0.05) is 31.4 Å². The highest BCUT2D eigenvalue weighted by Gasteiger charge is 2.43. The van der Waals surface area contributed by atoms with E-state index in [2.05, 4.69) is 24.8 Å². The van der Waals surface area contributed by atoms with Crippen molar-refractivity contribution in [2.45, 2.75) is 44.4 Å². The number of carbonyl (C=O) groups is 1. The molecule has 3 aromatic rings. The molecule has 1 aromatic carbocycles. The van der Waals surface area contributed by atoms with Crippen LogP contribution >= 0.6 is 0 Å². The first-order chi connectivity index (χ1) is 15.7. The van der Waals surface area contributed by atoms with E-state index in [-0.39, 0.29) is 24.7 Å². The Kier molecular flexibility index (Phi) is 5.77. The van der Waals surface area contributed by atoms with Crippen molar-refractivity contribution in [2.75, 3.05) is 25.1 Å². The molecule has 2 unspecified atom stereocenters. The molecule has 2 aliphatic heterocycles. The SMILES string of the molecule is COC(=O)c1ccc(COC(O)N2CCC[C@@H]3C2CCN3c2ncnc3[nH]ccc23)cc1. The summed E-state index contributed by atoms with van der Waals surface area (Å²) in [6, 6.07) is 9.51. The highest BCUT2D eigenvalue weighted by molar-refractivity contribution is 5.89. The Hall–Kier alpha value is -3.01. The van der Waals surface area contributed by atoms with E-state index >= 15 is 0 Å². The zero-order valence-corrected chi connectivity index (χ0v) is 18.0. The largest absolute Gasteiger partial charge is 0.465 e. The molecule has 168 valence electrons. The van der Waals surface area contributed by atoms with E-state index in [1.54, 1.807) is 18.5 Å². The number of nitrogens with zero attached hydrogens (tertiary/aromatic N) is 4. The number of aliphatic hydroxyl groups excluding tert-OH is 1. The molecule has 0 aliphatic carbocycles. The van der Waals surface area contributed by atoms with E-state index in [9.17, 15) is 9.90 Å². The van der Waals surface area contributed by atoms with Gasteiger partial charge in [-0.15, -0.1) is 0 Å². The van der Waals surface area contributed by atoms with Gasteiger partial charge >= 0.3 is 5.97 Å². The van der Waals surface area contributed by atoms with Crippen molar-refractivity contribution in [1.29, 1.82) is 0 Å². The highest BCUT2D eigenvalue weighted by Crippen LogP contribution is 2.36. The molecule has 0 bridgehead atoms. The number of methoxy groups -OCH3 is 1. The predicted molar refractivity (Wildman–Crippen MR) is 118 cm³/mol. The summed E-state index contributed by atoms with van der Waals surface area (Å²) in [6.45, 7) is 1.93. The molecule has 2 aromatic heterocycles. The Morgan fingerprint density at radius 2 is 2.03 bits per heavy atom. The van der Waals surface area contributed by atoms with Gasteiger partial charge in [-0.05, 0) is 43.0 Å². The number of nitrogens with one attached hydrogen (secondary N) is 1. The maximum atomic E-state index is 11.6. The lowest BCUT2D eigenvalue weighted by molar-refractivity contribution is -0.217. The van der Waals surface area contributed by atoms with Gasteiger partial charge < -0.3 is 24.5 Å². The first-order valence-corrected chi connectivity index (χ1v) is 10.9. The summed E-state index contributed by atoms with van der Waals surface area (Å²) in [4.78, 5) is 28.0. The van der Waals surface area contributed by atoms with Crippen LogP contribution in [0.4, 0.5) is 5.82 Å². The topological polar surface area (TPSA) is 104 Å².